The number of nitrogens with zero attached hydrogens (tertiary/aromatic N) is 2. The lowest BCUT2D eigenvalue weighted by atomic mass is 9.81. The summed E-state index contributed by atoms with van der Waals surface area (Å²) in [5.74, 6) is -0.992. The number of carbonyl (C=O) groups excluding carboxylic acids is 4. The van der Waals surface area contributed by atoms with Gasteiger partial charge in [0.15, 0.2) is 0 Å². The van der Waals surface area contributed by atoms with Gasteiger partial charge in [-0.15, -0.1) is 0 Å². The molecule has 0 saturated heterocycles. The molecule has 3 rings (SSSR count). The van der Waals surface area contributed by atoms with Gasteiger partial charge in [0, 0.05) is 49.1 Å². The molecule has 0 aliphatic heterocycles. The number of hydrogen-bond acceptors (Lipinski definition) is 5. The number of fused-ring (bicyclic) bond motifs is 1. The maximum absolute atomic E-state index is 14.5. The van der Waals surface area contributed by atoms with E-state index in [1.165, 1.54) is 19.4 Å². The molecule has 43 heavy (non-hydrogen) atoms. The zero-order valence-electron chi connectivity index (χ0n) is 26.8. The largest absolute Gasteiger partial charge is 0.427 e. The molecule has 2 aromatic carbocycles. The molecule has 1 aromatic heterocycles. The normalized spacial score (nSPS) is 12.5. The first-order valence-electron chi connectivity index (χ1n) is 15.6. The van der Waals surface area contributed by atoms with Crippen molar-refractivity contribution in [1.82, 2.24) is 14.8 Å². The van der Waals surface area contributed by atoms with E-state index in [0.717, 1.165) is 32.1 Å². The molecule has 0 fully saturated rings. The van der Waals surface area contributed by atoms with Gasteiger partial charge in [-0.1, -0.05) is 51.7 Å². The molecular weight excluding hydrogens is 542 g/mol. The summed E-state index contributed by atoms with van der Waals surface area (Å²) in [6.07, 6.45) is 5.96. The number of aryl methyl sites for hydroxylation is 1. The van der Waals surface area contributed by atoms with Gasteiger partial charge in [0.2, 0.25) is 5.91 Å². The first-order chi connectivity index (χ1) is 20.5. The van der Waals surface area contributed by atoms with Crippen molar-refractivity contribution >= 4 is 34.6 Å². The van der Waals surface area contributed by atoms with Crippen molar-refractivity contribution in [3.8, 4) is 5.75 Å². The number of ether oxygens (including phenoxy) is 1. The average Bonchev–Trinajstić information content (AvgIpc) is 3.26. The van der Waals surface area contributed by atoms with E-state index in [0.29, 0.717) is 59.4 Å². The third-order valence-electron chi connectivity index (χ3n) is 8.05. The molecule has 0 saturated carbocycles. The molecule has 3 aromatic rings. The van der Waals surface area contributed by atoms with Crippen molar-refractivity contribution in [2.75, 3.05) is 13.1 Å². The van der Waals surface area contributed by atoms with Gasteiger partial charge in [0.1, 0.15) is 11.3 Å². The van der Waals surface area contributed by atoms with Gasteiger partial charge in [0.25, 0.3) is 11.8 Å². The van der Waals surface area contributed by atoms with Gasteiger partial charge in [-0.3, -0.25) is 23.7 Å². The van der Waals surface area contributed by atoms with E-state index in [1.807, 2.05) is 45.0 Å². The van der Waals surface area contributed by atoms with Gasteiger partial charge in [-0.25, -0.2) is 0 Å². The molecule has 0 radical (unpaired) electrons. The monoisotopic (exact) mass is 589 g/mol. The lowest BCUT2D eigenvalue weighted by Crippen LogP contribution is -2.57. The van der Waals surface area contributed by atoms with E-state index in [2.05, 4.69) is 19.2 Å². The molecule has 1 heterocycles. The van der Waals surface area contributed by atoms with E-state index in [1.54, 1.807) is 27.7 Å². The summed E-state index contributed by atoms with van der Waals surface area (Å²) in [5.41, 5.74) is 1.93. The number of unbranched alkanes of at least 4 members (excludes halogenated alkanes) is 3. The zero-order chi connectivity index (χ0) is 31.7. The van der Waals surface area contributed by atoms with Gasteiger partial charge in [-0.05, 0) is 75.9 Å². The molecule has 0 aliphatic carbocycles. The molecule has 0 aliphatic rings. The van der Waals surface area contributed by atoms with Crippen LogP contribution < -0.4 is 10.1 Å². The molecule has 1 unspecified atom stereocenters. The minimum atomic E-state index is -1.43. The topological polar surface area (TPSA) is 97.7 Å². The minimum Gasteiger partial charge on any atom is -0.427 e. The molecule has 0 spiro atoms. The van der Waals surface area contributed by atoms with Crippen molar-refractivity contribution < 1.29 is 23.9 Å². The number of amides is 2. The fraction of sp³-hybridized carbons (Fsp3) is 0.486. The van der Waals surface area contributed by atoms with Crippen LogP contribution in [-0.4, -0.2) is 46.2 Å². The van der Waals surface area contributed by atoms with E-state index in [4.69, 9.17) is 4.74 Å². The van der Waals surface area contributed by atoms with Crippen LogP contribution in [0.25, 0.3) is 10.9 Å². The van der Waals surface area contributed by atoms with Crippen LogP contribution in [-0.2, 0) is 26.3 Å². The van der Waals surface area contributed by atoms with E-state index in [9.17, 15) is 19.2 Å². The second-order valence-corrected chi connectivity index (χ2v) is 11.2. The van der Waals surface area contributed by atoms with Crippen molar-refractivity contribution in [3.63, 3.8) is 0 Å². The van der Waals surface area contributed by atoms with Crippen LogP contribution >= 0.6 is 0 Å². The van der Waals surface area contributed by atoms with Crippen molar-refractivity contribution in [1.29, 1.82) is 0 Å². The van der Waals surface area contributed by atoms with Crippen LogP contribution in [0, 0.1) is 6.92 Å². The fourth-order valence-corrected chi connectivity index (χ4v) is 5.99. The number of carbonyl (C=O) groups is 4. The number of hydrogen-bond donors (Lipinski definition) is 1. The van der Waals surface area contributed by atoms with E-state index in [-0.39, 0.29) is 17.7 Å². The molecule has 232 valence electrons. The second-order valence-electron chi connectivity index (χ2n) is 11.2. The summed E-state index contributed by atoms with van der Waals surface area (Å²) in [6.45, 7) is 13.5. The molecule has 0 bridgehead atoms. The second kappa shape index (κ2) is 15.0. The molecule has 1 N–H and O–H groups in total. The standard InChI is InChI=1S/C35H47N3O5/c1-8-12-14-22-35(36-25(6)39,34(42)37(10-3)11-4)32-24(5)38(31-21-20-29(23-30(31)32)43-26(7)40)33(41)28-18-16-27(17-19-28)15-13-9-2/h16-21,23H,8-15,22H2,1-7H3,(H,36,39). The van der Waals surface area contributed by atoms with Crippen LogP contribution in [0.3, 0.4) is 0 Å². The molecule has 2 amide bonds. The van der Waals surface area contributed by atoms with Crippen LogP contribution in [0.5, 0.6) is 5.75 Å². The van der Waals surface area contributed by atoms with Crippen LogP contribution in [0.4, 0.5) is 0 Å². The molecule has 8 heteroatoms. The van der Waals surface area contributed by atoms with Gasteiger partial charge >= 0.3 is 5.97 Å². The summed E-state index contributed by atoms with van der Waals surface area (Å²) in [5, 5.41) is 3.65. The quantitative estimate of drug-likeness (QED) is 0.128. The van der Waals surface area contributed by atoms with Crippen molar-refractivity contribution in [2.24, 2.45) is 0 Å². The van der Waals surface area contributed by atoms with Crippen molar-refractivity contribution in [2.45, 2.75) is 99.0 Å². The number of likely N-dealkylation sites (N-methyl/N-ethyl adjacent to an activating group) is 1. The predicted octanol–water partition coefficient (Wildman–Crippen LogP) is 6.69. The summed E-state index contributed by atoms with van der Waals surface area (Å²) >= 11 is 0. The SMILES string of the molecule is CCCCCC(NC(C)=O)(C(=O)N(CC)CC)c1c(C)n(C(=O)c2ccc(CCCC)cc2)c2ccc(OC(C)=O)cc12. The lowest BCUT2D eigenvalue weighted by Gasteiger charge is -2.38. The average molecular weight is 590 g/mol. The van der Waals surface area contributed by atoms with Crippen LogP contribution in [0.2, 0.25) is 0 Å². The maximum Gasteiger partial charge on any atom is 0.308 e. The van der Waals surface area contributed by atoms with E-state index >= 15 is 0 Å². The maximum atomic E-state index is 14.5. The van der Waals surface area contributed by atoms with Gasteiger partial charge in [-0.2, -0.15) is 0 Å². The summed E-state index contributed by atoms with van der Waals surface area (Å²) in [4.78, 5) is 55.2. The molecule has 8 nitrogen and oxygen atoms in total. The highest BCUT2D eigenvalue weighted by Gasteiger charge is 2.46. The Morgan fingerprint density at radius 1 is 0.884 bits per heavy atom. The highest BCUT2D eigenvalue weighted by Crippen LogP contribution is 2.41. The highest BCUT2D eigenvalue weighted by molar-refractivity contribution is 6.07. The Morgan fingerprint density at radius 2 is 1.53 bits per heavy atom. The third kappa shape index (κ3) is 7.35. The van der Waals surface area contributed by atoms with Gasteiger partial charge in [0.05, 0.1) is 5.52 Å². The summed E-state index contributed by atoms with van der Waals surface area (Å²) in [6, 6.07) is 12.7. The first-order valence-corrected chi connectivity index (χ1v) is 15.6. The third-order valence-corrected chi connectivity index (χ3v) is 8.05. The molecule has 1 atom stereocenters. The molecular formula is C35H47N3O5. The smallest absolute Gasteiger partial charge is 0.308 e. The Bertz CT molecular complexity index is 1450. The zero-order valence-corrected chi connectivity index (χ0v) is 26.8. The fourth-order valence-electron chi connectivity index (χ4n) is 5.99. The number of aromatic nitrogens is 1. The number of nitrogens with one attached hydrogen (secondary N) is 1. The first kappa shape index (κ1) is 33.6. The summed E-state index contributed by atoms with van der Waals surface area (Å²) < 4.78 is 7.06. The van der Waals surface area contributed by atoms with Crippen molar-refractivity contribution in [3.05, 3.63) is 64.8 Å². The Hall–Kier alpha value is -3.94. The predicted molar refractivity (Wildman–Crippen MR) is 170 cm³/mol. The minimum absolute atomic E-state index is 0.225. The highest BCUT2D eigenvalue weighted by atomic mass is 16.5. The van der Waals surface area contributed by atoms with E-state index < -0.39 is 11.5 Å². The van der Waals surface area contributed by atoms with Gasteiger partial charge < -0.3 is 15.0 Å². The Balaban J connectivity index is 2.38. The number of rotatable bonds is 14. The Kier molecular flexibility index (Phi) is 11.7. The van der Waals surface area contributed by atoms with Crippen LogP contribution in [0.15, 0.2) is 42.5 Å². The number of esters is 1. The van der Waals surface area contributed by atoms with Crippen LogP contribution in [0.1, 0.15) is 107 Å². The number of benzene rings is 2. The lowest BCUT2D eigenvalue weighted by molar-refractivity contribution is -0.142. The summed E-state index contributed by atoms with van der Waals surface area (Å²) in [7, 11) is 0. The Labute approximate surface area is 255 Å². The Morgan fingerprint density at radius 3 is 2.09 bits per heavy atom.